The number of hydrogen-bond donors (Lipinski definition) is 2. The lowest BCUT2D eigenvalue weighted by molar-refractivity contribution is 0.0696. The predicted octanol–water partition coefficient (Wildman–Crippen LogP) is 0.906. The van der Waals surface area contributed by atoms with Gasteiger partial charge in [0.15, 0.2) is 0 Å². The number of ether oxygens (including phenoxy) is 1. The second kappa shape index (κ2) is 6.93. The first kappa shape index (κ1) is 13.6. The quantitative estimate of drug-likeness (QED) is 0.775. The second-order valence-corrected chi connectivity index (χ2v) is 4.44. The van der Waals surface area contributed by atoms with Gasteiger partial charge in [-0.2, -0.15) is 0 Å². The van der Waals surface area contributed by atoms with Gasteiger partial charge in [-0.05, 0) is 37.1 Å². The molecule has 4 heteroatoms. The van der Waals surface area contributed by atoms with Crippen LogP contribution in [-0.2, 0) is 4.74 Å². The molecule has 4 nitrogen and oxygen atoms in total. The highest BCUT2D eigenvalue weighted by atomic mass is 16.5. The standard InChI is InChI=1S/C15H18N2O2/c16-9-1-2-12-3-5-13(6-4-12)15(18)17-14-7-10-19-11-8-14/h3-6,14H,7-11,16H2,(H,17,18). The molecule has 1 aliphatic rings. The highest BCUT2D eigenvalue weighted by molar-refractivity contribution is 5.94. The first-order chi connectivity index (χ1) is 9.29. The summed E-state index contributed by atoms with van der Waals surface area (Å²) >= 11 is 0. The molecule has 0 radical (unpaired) electrons. The summed E-state index contributed by atoms with van der Waals surface area (Å²) in [5.41, 5.74) is 6.84. The van der Waals surface area contributed by atoms with Gasteiger partial charge in [0.05, 0.1) is 6.54 Å². The van der Waals surface area contributed by atoms with Crippen molar-refractivity contribution in [2.24, 2.45) is 5.73 Å². The van der Waals surface area contributed by atoms with E-state index in [4.69, 9.17) is 10.5 Å². The van der Waals surface area contributed by atoms with Gasteiger partial charge in [0, 0.05) is 30.4 Å². The van der Waals surface area contributed by atoms with Gasteiger partial charge in [0.2, 0.25) is 0 Å². The molecule has 0 unspecified atom stereocenters. The van der Waals surface area contributed by atoms with Crippen molar-refractivity contribution in [3.63, 3.8) is 0 Å². The summed E-state index contributed by atoms with van der Waals surface area (Å²) in [5, 5.41) is 3.02. The van der Waals surface area contributed by atoms with Crippen LogP contribution in [0.15, 0.2) is 24.3 Å². The van der Waals surface area contributed by atoms with Crippen LogP contribution in [-0.4, -0.2) is 31.7 Å². The molecule has 3 N–H and O–H groups in total. The van der Waals surface area contributed by atoms with Crippen LogP contribution in [0, 0.1) is 11.8 Å². The number of carbonyl (C=O) groups excluding carboxylic acids is 1. The van der Waals surface area contributed by atoms with E-state index in [1.807, 2.05) is 12.1 Å². The summed E-state index contributed by atoms with van der Waals surface area (Å²) < 4.78 is 5.26. The minimum absolute atomic E-state index is 0.0368. The Morgan fingerprint density at radius 3 is 2.63 bits per heavy atom. The Labute approximate surface area is 113 Å². The molecule has 1 fully saturated rings. The third-order valence-corrected chi connectivity index (χ3v) is 3.04. The van der Waals surface area contributed by atoms with Gasteiger partial charge in [0.25, 0.3) is 5.91 Å². The largest absolute Gasteiger partial charge is 0.381 e. The maximum atomic E-state index is 12.0. The number of rotatable bonds is 2. The molecular weight excluding hydrogens is 240 g/mol. The average molecular weight is 258 g/mol. The van der Waals surface area contributed by atoms with Gasteiger partial charge in [0.1, 0.15) is 0 Å². The Balaban J connectivity index is 1.95. The van der Waals surface area contributed by atoms with Crippen molar-refractivity contribution in [3.8, 4) is 11.8 Å². The van der Waals surface area contributed by atoms with Crippen LogP contribution in [0.2, 0.25) is 0 Å². The molecule has 2 rings (SSSR count). The van der Waals surface area contributed by atoms with E-state index in [0.717, 1.165) is 31.6 Å². The molecule has 0 spiro atoms. The van der Waals surface area contributed by atoms with E-state index in [0.29, 0.717) is 12.1 Å². The Morgan fingerprint density at radius 1 is 1.32 bits per heavy atom. The SMILES string of the molecule is NCC#Cc1ccc(C(=O)NC2CCOCC2)cc1. The van der Waals surface area contributed by atoms with Gasteiger partial charge in [-0.15, -0.1) is 0 Å². The van der Waals surface area contributed by atoms with Crippen molar-refractivity contribution in [3.05, 3.63) is 35.4 Å². The van der Waals surface area contributed by atoms with Gasteiger partial charge in [-0.25, -0.2) is 0 Å². The fraction of sp³-hybridized carbons (Fsp3) is 0.400. The van der Waals surface area contributed by atoms with Crippen LogP contribution in [0.5, 0.6) is 0 Å². The molecule has 1 saturated heterocycles. The fourth-order valence-corrected chi connectivity index (χ4v) is 1.97. The Kier molecular flexibility index (Phi) is 4.96. The monoisotopic (exact) mass is 258 g/mol. The smallest absolute Gasteiger partial charge is 0.251 e. The summed E-state index contributed by atoms with van der Waals surface area (Å²) in [5.74, 6) is 5.67. The van der Waals surface area contributed by atoms with Crippen molar-refractivity contribution >= 4 is 5.91 Å². The topological polar surface area (TPSA) is 64.4 Å². The van der Waals surface area contributed by atoms with E-state index in [9.17, 15) is 4.79 Å². The Morgan fingerprint density at radius 2 is 2.00 bits per heavy atom. The molecular formula is C15H18N2O2. The predicted molar refractivity (Wildman–Crippen MR) is 73.7 cm³/mol. The Bertz CT molecular complexity index is 479. The lowest BCUT2D eigenvalue weighted by Crippen LogP contribution is -2.38. The van der Waals surface area contributed by atoms with Gasteiger partial charge >= 0.3 is 0 Å². The lowest BCUT2D eigenvalue weighted by atomic mass is 10.1. The van der Waals surface area contributed by atoms with Crippen molar-refractivity contribution < 1.29 is 9.53 Å². The molecule has 0 aromatic heterocycles. The molecule has 19 heavy (non-hydrogen) atoms. The van der Waals surface area contributed by atoms with Crippen LogP contribution >= 0.6 is 0 Å². The summed E-state index contributed by atoms with van der Waals surface area (Å²) in [6, 6.07) is 7.46. The highest BCUT2D eigenvalue weighted by Crippen LogP contribution is 2.09. The van der Waals surface area contributed by atoms with E-state index >= 15 is 0 Å². The highest BCUT2D eigenvalue weighted by Gasteiger charge is 2.16. The van der Waals surface area contributed by atoms with Crippen molar-refractivity contribution in [2.75, 3.05) is 19.8 Å². The van der Waals surface area contributed by atoms with Gasteiger partial charge < -0.3 is 15.8 Å². The first-order valence-corrected chi connectivity index (χ1v) is 6.47. The minimum atomic E-state index is -0.0368. The Hall–Kier alpha value is -1.83. The number of benzene rings is 1. The molecule has 1 amide bonds. The third kappa shape index (κ3) is 4.09. The van der Waals surface area contributed by atoms with Crippen LogP contribution < -0.4 is 11.1 Å². The molecule has 0 atom stereocenters. The maximum absolute atomic E-state index is 12.0. The molecule has 1 aromatic carbocycles. The maximum Gasteiger partial charge on any atom is 0.251 e. The molecule has 1 heterocycles. The van der Waals surface area contributed by atoms with E-state index in [-0.39, 0.29) is 11.9 Å². The van der Waals surface area contributed by atoms with Crippen LogP contribution in [0.1, 0.15) is 28.8 Å². The van der Waals surface area contributed by atoms with E-state index in [1.165, 1.54) is 0 Å². The van der Waals surface area contributed by atoms with E-state index in [1.54, 1.807) is 12.1 Å². The van der Waals surface area contributed by atoms with Crippen molar-refractivity contribution in [1.82, 2.24) is 5.32 Å². The summed E-state index contributed by atoms with van der Waals surface area (Å²) in [6.07, 6.45) is 1.76. The summed E-state index contributed by atoms with van der Waals surface area (Å²) in [6.45, 7) is 1.78. The zero-order chi connectivity index (χ0) is 13.5. The van der Waals surface area contributed by atoms with Crippen molar-refractivity contribution in [1.29, 1.82) is 0 Å². The third-order valence-electron chi connectivity index (χ3n) is 3.04. The number of nitrogens with two attached hydrogens (primary N) is 1. The molecule has 0 aliphatic carbocycles. The van der Waals surface area contributed by atoms with Gasteiger partial charge in [-0.3, -0.25) is 4.79 Å². The van der Waals surface area contributed by atoms with Crippen LogP contribution in [0.4, 0.5) is 0 Å². The molecule has 0 bridgehead atoms. The molecule has 1 aromatic rings. The molecule has 0 saturated carbocycles. The summed E-state index contributed by atoms with van der Waals surface area (Å²) in [7, 11) is 0. The van der Waals surface area contributed by atoms with E-state index < -0.39 is 0 Å². The lowest BCUT2D eigenvalue weighted by Gasteiger charge is -2.23. The first-order valence-electron chi connectivity index (χ1n) is 6.47. The summed E-state index contributed by atoms with van der Waals surface area (Å²) in [4.78, 5) is 12.0. The number of hydrogen-bond acceptors (Lipinski definition) is 3. The van der Waals surface area contributed by atoms with E-state index in [2.05, 4.69) is 17.2 Å². The number of carbonyl (C=O) groups is 1. The van der Waals surface area contributed by atoms with Crippen molar-refractivity contribution in [2.45, 2.75) is 18.9 Å². The van der Waals surface area contributed by atoms with Crippen LogP contribution in [0.3, 0.4) is 0 Å². The number of nitrogens with one attached hydrogen (secondary N) is 1. The van der Waals surface area contributed by atoms with Crippen LogP contribution in [0.25, 0.3) is 0 Å². The molecule has 100 valence electrons. The number of amides is 1. The zero-order valence-corrected chi connectivity index (χ0v) is 10.8. The fourth-order valence-electron chi connectivity index (χ4n) is 1.97. The minimum Gasteiger partial charge on any atom is -0.381 e. The average Bonchev–Trinajstić information content (AvgIpc) is 2.46. The zero-order valence-electron chi connectivity index (χ0n) is 10.8. The normalized spacial score (nSPS) is 15.4. The second-order valence-electron chi connectivity index (χ2n) is 4.44. The molecule has 1 aliphatic heterocycles. The van der Waals surface area contributed by atoms with Gasteiger partial charge in [-0.1, -0.05) is 11.8 Å².